The van der Waals surface area contributed by atoms with E-state index in [4.69, 9.17) is 9.47 Å². The maximum absolute atomic E-state index is 12.6. The minimum Gasteiger partial charge on any atom is -0.342 e. The predicted octanol–water partition coefficient (Wildman–Crippen LogP) is 2.09. The maximum atomic E-state index is 12.6. The van der Waals surface area contributed by atoms with Gasteiger partial charge in [0.05, 0.1) is 19.3 Å². The Kier molecular flexibility index (Phi) is 3.30. The predicted molar refractivity (Wildman–Crippen MR) is 81.7 cm³/mol. The first-order valence-corrected chi connectivity index (χ1v) is 7.50. The summed E-state index contributed by atoms with van der Waals surface area (Å²) in [5, 5.41) is 3.33. The molecule has 0 saturated carbocycles. The first-order valence-electron chi connectivity index (χ1n) is 7.50. The molecule has 0 aliphatic carbocycles. The number of morpholine rings is 1. The van der Waals surface area contributed by atoms with Crippen LogP contribution in [0.5, 0.6) is 0 Å². The van der Waals surface area contributed by atoms with Gasteiger partial charge in [0.1, 0.15) is 0 Å². The Morgan fingerprint density at radius 1 is 1.09 bits per heavy atom. The van der Waals surface area contributed by atoms with E-state index < -0.39 is 5.79 Å². The highest BCUT2D eigenvalue weighted by molar-refractivity contribution is 6.09. The molecule has 1 N–H and O–H groups in total. The Hall–Kier alpha value is -2.01. The van der Waals surface area contributed by atoms with Gasteiger partial charge in [-0.1, -0.05) is 48.5 Å². The summed E-state index contributed by atoms with van der Waals surface area (Å²) in [5.74, 6) is -0.743. The van der Waals surface area contributed by atoms with Gasteiger partial charge in [-0.3, -0.25) is 4.79 Å². The lowest BCUT2D eigenvalue weighted by atomic mass is 9.97. The first kappa shape index (κ1) is 13.6. The van der Waals surface area contributed by atoms with Gasteiger partial charge in [-0.2, -0.15) is 0 Å². The minimum atomic E-state index is -0.754. The van der Waals surface area contributed by atoms with E-state index >= 15 is 0 Å². The molecule has 0 amide bonds. The lowest BCUT2D eigenvalue weighted by Gasteiger charge is -2.32. The van der Waals surface area contributed by atoms with Gasteiger partial charge in [-0.15, -0.1) is 0 Å². The summed E-state index contributed by atoms with van der Waals surface area (Å²) in [5.41, 5.74) is 2.23. The van der Waals surface area contributed by atoms with Crippen LogP contribution in [0.4, 0.5) is 0 Å². The number of rotatable bonds is 3. The monoisotopic (exact) mass is 295 g/mol. The van der Waals surface area contributed by atoms with Crippen molar-refractivity contribution in [2.75, 3.05) is 19.7 Å². The molecule has 2 bridgehead atoms. The van der Waals surface area contributed by atoms with E-state index in [2.05, 4.69) is 5.32 Å². The number of ketones is 1. The number of fused-ring (bicyclic) bond motifs is 2. The molecule has 0 radical (unpaired) electrons. The van der Waals surface area contributed by atoms with Crippen molar-refractivity contribution in [3.63, 3.8) is 0 Å². The van der Waals surface area contributed by atoms with E-state index in [0.29, 0.717) is 24.3 Å². The second-order valence-electron chi connectivity index (χ2n) is 5.71. The van der Waals surface area contributed by atoms with E-state index in [1.54, 1.807) is 0 Å². The van der Waals surface area contributed by atoms with E-state index in [-0.39, 0.29) is 11.9 Å². The molecular weight excluding hydrogens is 278 g/mol. The van der Waals surface area contributed by atoms with Crippen molar-refractivity contribution >= 4 is 5.78 Å². The van der Waals surface area contributed by atoms with Crippen molar-refractivity contribution in [1.82, 2.24) is 5.32 Å². The van der Waals surface area contributed by atoms with Crippen LogP contribution in [0, 0.1) is 0 Å². The fraction of sp³-hybridized carbons (Fsp3) is 0.278. The third-order valence-electron chi connectivity index (χ3n) is 4.19. The smallest absolute Gasteiger partial charge is 0.208 e. The van der Waals surface area contributed by atoms with Gasteiger partial charge in [0, 0.05) is 23.2 Å². The molecule has 4 heteroatoms. The summed E-state index contributed by atoms with van der Waals surface area (Å²) in [6.45, 7) is 2.00. The molecule has 2 aromatic carbocycles. The summed E-state index contributed by atoms with van der Waals surface area (Å²) < 4.78 is 11.9. The van der Waals surface area contributed by atoms with Gasteiger partial charge >= 0.3 is 0 Å². The number of carbonyl (C=O) groups is 1. The van der Waals surface area contributed by atoms with Crippen molar-refractivity contribution < 1.29 is 14.3 Å². The van der Waals surface area contributed by atoms with Crippen molar-refractivity contribution in [1.29, 1.82) is 0 Å². The number of carbonyl (C=O) groups excluding carboxylic acids is 1. The van der Waals surface area contributed by atoms with Crippen LogP contribution in [0.3, 0.4) is 0 Å². The molecule has 2 aliphatic heterocycles. The number of ether oxygens (including phenoxy) is 2. The average Bonchev–Trinajstić information content (AvgIpc) is 2.90. The first-order chi connectivity index (χ1) is 10.8. The van der Waals surface area contributed by atoms with Crippen molar-refractivity contribution in [2.24, 2.45) is 0 Å². The summed E-state index contributed by atoms with van der Waals surface area (Å²) in [6, 6.07) is 16.8. The molecule has 2 saturated heterocycles. The molecule has 2 heterocycles. The lowest BCUT2D eigenvalue weighted by Crippen LogP contribution is -2.46. The van der Waals surface area contributed by atoms with Gasteiger partial charge in [0.2, 0.25) is 5.79 Å². The molecule has 4 nitrogen and oxygen atoms in total. The molecule has 2 unspecified atom stereocenters. The summed E-state index contributed by atoms with van der Waals surface area (Å²) in [7, 11) is 0. The summed E-state index contributed by atoms with van der Waals surface area (Å²) in [4.78, 5) is 12.6. The number of benzene rings is 2. The largest absolute Gasteiger partial charge is 0.342 e. The fourth-order valence-corrected chi connectivity index (χ4v) is 3.06. The molecule has 0 aromatic heterocycles. The van der Waals surface area contributed by atoms with Crippen LogP contribution in [-0.2, 0) is 15.3 Å². The van der Waals surface area contributed by atoms with Gasteiger partial charge < -0.3 is 14.8 Å². The Balaban J connectivity index is 1.68. The average molecular weight is 295 g/mol. The molecular formula is C18H17NO3. The summed E-state index contributed by atoms with van der Waals surface area (Å²) in [6.07, 6.45) is 0.0854. The zero-order valence-electron chi connectivity index (χ0n) is 12.1. The van der Waals surface area contributed by atoms with Crippen molar-refractivity contribution in [3.05, 3.63) is 71.3 Å². The highest BCUT2D eigenvalue weighted by atomic mass is 16.7. The van der Waals surface area contributed by atoms with Crippen LogP contribution in [0.1, 0.15) is 21.5 Å². The molecule has 22 heavy (non-hydrogen) atoms. The SMILES string of the molecule is O=C(c1ccccc1)c1cccc(C23CNCC(CO2)O3)c1. The zero-order chi connectivity index (χ0) is 15.0. The normalized spacial score (nSPS) is 26.8. The minimum absolute atomic E-state index is 0.0113. The number of hydrogen-bond donors (Lipinski definition) is 1. The van der Waals surface area contributed by atoms with E-state index in [0.717, 1.165) is 12.1 Å². The number of hydrogen-bond acceptors (Lipinski definition) is 4. The standard InChI is InChI=1S/C18H17NO3/c20-17(13-5-2-1-3-6-13)14-7-4-8-15(9-14)18-12-19-10-16(22-18)11-21-18/h1-9,16,19H,10-12H2. The Morgan fingerprint density at radius 2 is 1.91 bits per heavy atom. The highest BCUT2D eigenvalue weighted by Crippen LogP contribution is 2.36. The Labute approximate surface area is 129 Å². The van der Waals surface area contributed by atoms with Crippen LogP contribution in [0.25, 0.3) is 0 Å². The summed E-state index contributed by atoms with van der Waals surface area (Å²) >= 11 is 0. The second-order valence-corrected chi connectivity index (χ2v) is 5.71. The van der Waals surface area contributed by atoms with Gasteiger partial charge in [-0.05, 0) is 6.07 Å². The quantitative estimate of drug-likeness (QED) is 0.881. The van der Waals surface area contributed by atoms with Crippen LogP contribution in [0.15, 0.2) is 54.6 Å². The van der Waals surface area contributed by atoms with Crippen LogP contribution < -0.4 is 5.32 Å². The molecule has 2 atom stereocenters. The van der Waals surface area contributed by atoms with Crippen LogP contribution in [-0.4, -0.2) is 31.6 Å². The molecule has 4 rings (SSSR count). The number of nitrogens with one attached hydrogen (secondary N) is 1. The molecule has 2 aromatic rings. The lowest BCUT2D eigenvalue weighted by molar-refractivity contribution is -0.186. The van der Waals surface area contributed by atoms with Crippen LogP contribution in [0.2, 0.25) is 0 Å². The van der Waals surface area contributed by atoms with E-state index in [1.807, 2.05) is 54.6 Å². The van der Waals surface area contributed by atoms with Crippen molar-refractivity contribution in [2.45, 2.75) is 11.9 Å². The maximum Gasteiger partial charge on any atom is 0.208 e. The topological polar surface area (TPSA) is 47.6 Å². The van der Waals surface area contributed by atoms with E-state index in [9.17, 15) is 4.79 Å². The van der Waals surface area contributed by atoms with Crippen molar-refractivity contribution in [3.8, 4) is 0 Å². The fourth-order valence-electron chi connectivity index (χ4n) is 3.06. The van der Waals surface area contributed by atoms with Gasteiger partial charge in [0.25, 0.3) is 0 Å². The molecule has 2 aliphatic rings. The molecule has 2 fully saturated rings. The third kappa shape index (κ3) is 2.25. The highest BCUT2D eigenvalue weighted by Gasteiger charge is 2.46. The molecule has 0 spiro atoms. The third-order valence-corrected chi connectivity index (χ3v) is 4.19. The Morgan fingerprint density at radius 3 is 2.77 bits per heavy atom. The van der Waals surface area contributed by atoms with E-state index in [1.165, 1.54) is 0 Å². The van der Waals surface area contributed by atoms with Gasteiger partial charge in [-0.25, -0.2) is 0 Å². The second kappa shape index (κ2) is 5.32. The zero-order valence-corrected chi connectivity index (χ0v) is 12.1. The molecule has 112 valence electrons. The Bertz CT molecular complexity index is 696. The van der Waals surface area contributed by atoms with Gasteiger partial charge in [0.15, 0.2) is 5.78 Å². The van der Waals surface area contributed by atoms with Crippen LogP contribution >= 0.6 is 0 Å².